The predicted octanol–water partition coefficient (Wildman–Crippen LogP) is 1.42. The molecule has 2 aromatic heterocycles. The maximum Gasteiger partial charge on any atom is 0.270 e. The zero-order valence-corrected chi connectivity index (χ0v) is 10.3. The van der Waals surface area contributed by atoms with Gasteiger partial charge in [-0.3, -0.25) is 9.78 Å². The van der Waals surface area contributed by atoms with Crippen LogP contribution in [-0.2, 0) is 6.54 Å². The van der Waals surface area contributed by atoms with Crippen molar-refractivity contribution in [2.24, 2.45) is 0 Å². The normalized spacial score (nSPS) is 10.1. The zero-order chi connectivity index (χ0) is 13.0. The molecule has 92 valence electrons. The van der Waals surface area contributed by atoms with Gasteiger partial charge in [-0.2, -0.15) is 0 Å². The van der Waals surface area contributed by atoms with E-state index in [-0.39, 0.29) is 5.91 Å². The SMILES string of the molecule is Cc1cc(C(=O)NCc2ccncc2)nc(C)n1. The highest BCUT2D eigenvalue weighted by atomic mass is 16.1. The topological polar surface area (TPSA) is 67.8 Å². The van der Waals surface area contributed by atoms with Crippen molar-refractivity contribution >= 4 is 5.91 Å². The first-order valence-electron chi connectivity index (χ1n) is 5.64. The van der Waals surface area contributed by atoms with Crippen LogP contribution in [0.1, 0.15) is 27.6 Å². The smallest absolute Gasteiger partial charge is 0.270 e. The molecule has 5 heteroatoms. The van der Waals surface area contributed by atoms with Crippen LogP contribution < -0.4 is 5.32 Å². The van der Waals surface area contributed by atoms with Crippen molar-refractivity contribution in [1.82, 2.24) is 20.3 Å². The Morgan fingerprint density at radius 2 is 1.94 bits per heavy atom. The van der Waals surface area contributed by atoms with E-state index in [1.54, 1.807) is 25.4 Å². The van der Waals surface area contributed by atoms with Crippen LogP contribution in [0.5, 0.6) is 0 Å². The molecule has 1 N–H and O–H groups in total. The number of rotatable bonds is 3. The number of hydrogen-bond acceptors (Lipinski definition) is 4. The third-order valence-electron chi connectivity index (χ3n) is 2.40. The lowest BCUT2D eigenvalue weighted by atomic mass is 10.2. The standard InChI is InChI=1S/C13H14N4O/c1-9-7-12(17-10(2)16-9)13(18)15-8-11-3-5-14-6-4-11/h3-7H,8H2,1-2H3,(H,15,18). The van der Waals surface area contributed by atoms with Gasteiger partial charge in [-0.1, -0.05) is 0 Å². The van der Waals surface area contributed by atoms with E-state index in [2.05, 4.69) is 20.3 Å². The Kier molecular flexibility index (Phi) is 3.62. The van der Waals surface area contributed by atoms with Crippen LogP contribution in [0, 0.1) is 13.8 Å². The van der Waals surface area contributed by atoms with E-state index in [4.69, 9.17) is 0 Å². The molecule has 0 bridgehead atoms. The number of aromatic nitrogens is 3. The van der Waals surface area contributed by atoms with Gasteiger partial charge < -0.3 is 5.32 Å². The van der Waals surface area contributed by atoms with Gasteiger partial charge in [-0.25, -0.2) is 9.97 Å². The third kappa shape index (κ3) is 3.10. The maximum atomic E-state index is 11.9. The molecule has 1 amide bonds. The molecule has 0 fully saturated rings. The van der Waals surface area contributed by atoms with Gasteiger partial charge in [-0.05, 0) is 37.6 Å². The molecule has 2 heterocycles. The number of amides is 1. The summed E-state index contributed by atoms with van der Waals surface area (Å²) < 4.78 is 0. The van der Waals surface area contributed by atoms with Gasteiger partial charge >= 0.3 is 0 Å². The molecule has 2 rings (SSSR count). The van der Waals surface area contributed by atoms with Crippen LogP contribution in [0.25, 0.3) is 0 Å². The Bertz CT molecular complexity index is 534. The lowest BCUT2D eigenvalue weighted by Crippen LogP contribution is -2.24. The molecule has 0 unspecified atom stereocenters. The largest absolute Gasteiger partial charge is 0.347 e. The van der Waals surface area contributed by atoms with Crippen LogP contribution in [-0.4, -0.2) is 20.9 Å². The highest BCUT2D eigenvalue weighted by molar-refractivity contribution is 5.92. The van der Waals surface area contributed by atoms with Crippen LogP contribution in [0.4, 0.5) is 0 Å². The van der Waals surface area contributed by atoms with Crippen LogP contribution >= 0.6 is 0 Å². The van der Waals surface area contributed by atoms with E-state index < -0.39 is 0 Å². The van der Waals surface area contributed by atoms with Crippen molar-refractivity contribution in [2.75, 3.05) is 0 Å². The van der Waals surface area contributed by atoms with Gasteiger partial charge in [0.25, 0.3) is 5.91 Å². The van der Waals surface area contributed by atoms with Crippen molar-refractivity contribution in [1.29, 1.82) is 0 Å². The third-order valence-corrected chi connectivity index (χ3v) is 2.40. The first kappa shape index (κ1) is 12.2. The van der Waals surface area contributed by atoms with Crippen molar-refractivity contribution in [3.05, 3.63) is 53.4 Å². The lowest BCUT2D eigenvalue weighted by molar-refractivity contribution is 0.0945. The monoisotopic (exact) mass is 242 g/mol. The average molecular weight is 242 g/mol. The van der Waals surface area contributed by atoms with Crippen molar-refractivity contribution < 1.29 is 4.79 Å². The Morgan fingerprint density at radius 3 is 2.61 bits per heavy atom. The summed E-state index contributed by atoms with van der Waals surface area (Å²) in [7, 11) is 0. The second-order valence-electron chi connectivity index (χ2n) is 3.98. The molecule has 0 saturated carbocycles. The van der Waals surface area contributed by atoms with Crippen molar-refractivity contribution in [3.8, 4) is 0 Å². The Labute approximate surface area is 105 Å². The highest BCUT2D eigenvalue weighted by Crippen LogP contribution is 2.01. The number of pyridine rings is 1. The second-order valence-corrected chi connectivity index (χ2v) is 3.98. The van der Waals surface area contributed by atoms with Crippen LogP contribution in [0.3, 0.4) is 0 Å². The Hall–Kier alpha value is -2.30. The summed E-state index contributed by atoms with van der Waals surface area (Å²) in [6.45, 7) is 4.07. The van der Waals surface area contributed by atoms with Crippen molar-refractivity contribution in [2.45, 2.75) is 20.4 Å². The van der Waals surface area contributed by atoms with E-state index >= 15 is 0 Å². The first-order chi connectivity index (χ1) is 8.65. The maximum absolute atomic E-state index is 11.9. The van der Waals surface area contributed by atoms with Gasteiger partial charge in [0.1, 0.15) is 11.5 Å². The fourth-order valence-electron chi connectivity index (χ4n) is 1.61. The number of hydrogen-bond donors (Lipinski definition) is 1. The molecule has 0 atom stereocenters. The van der Waals surface area contributed by atoms with E-state index in [0.717, 1.165) is 11.3 Å². The molecular formula is C13H14N4O. The Balaban J connectivity index is 2.04. The predicted molar refractivity (Wildman–Crippen MR) is 66.9 cm³/mol. The molecule has 2 aromatic rings. The van der Waals surface area contributed by atoms with Crippen LogP contribution in [0.2, 0.25) is 0 Å². The van der Waals surface area contributed by atoms with Gasteiger partial charge in [0.2, 0.25) is 0 Å². The van der Waals surface area contributed by atoms with Gasteiger partial charge in [0.05, 0.1) is 0 Å². The molecule has 0 aliphatic rings. The number of nitrogens with zero attached hydrogens (tertiary/aromatic N) is 3. The summed E-state index contributed by atoms with van der Waals surface area (Å²) in [5.41, 5.74) is 2.19. The number of aryl methyl sites for hydroxylation is 2. The molecule has 0 aliphatic heterocycles. The molecule has 0 aliphatic carbocycles. The van der Waals surface area contributed by atoms with Gasteiger partial charge in [0, 0.05) is 24.6 Å². The molecule has 0 spiro atoms. The van der Waals surface area contributed by atoms with Gasteiger partial charge in [-0.15, -0.1) is 0 Å². The minimum absolute atomic E-state index is 0.194. The fourth-order valence-corrected chi connectivity index (χ4v) is 1.61. The summed E-state index contributed by atoms with van der Waals surface area (Å²) in [5.74, 6) is 0.407. The first-order valence-corrected chi connectivity index (χ1v) is 5.64. The average Bonchev–Trinajstić information content (AvgIpc) is 2.36. The quantitative estimate of drug-likeness (QED) is 0.883. The molecule has 0 saturated heterocycles. The molecule has 0 aromatic carbocycles. The summed E-state index contributed by atoms with van der Waals surface area (Å²) in [6, 6.07) is 5.39. The Morgan fingerprint density at radius 1 is 1.22 bits per heavy atom. The zero-order valence-electron chi connectivity index (χ0n) is 10.3. The summed E-state index contributed by atoms with van der Waals surface area (Å²) >= 11 is 0. The molecule has 18 heavy (non-hydrogen) atoms. The van der Waals surface area contributed by atoms with E-state index in [0.29, 0.717) is 18.1 Å². The fraction of sp³-hybridized carbons (Fsp3) is 0.231. The van der Waals surface area contributed by atoms with E-state index in [9.17, 15) is 4.79 Å². The molecule has 0 radical (unpaired) electrons. The minimum Gasteiger partial charge on any atom is -0.347 e. The summed E-state index contributed by atoms with van der Waals surface area (Å²) in [4.78, 5) is 24.1. The highest BCUT2D eigenvalue weighted by Gasteiger charge is 2.08. The van der Waals surface area contributed by atoms with E-state index in [1.165, 1.54) is 0 Å². The van der Waals surface area contributed by atoms with Crippen LogP contribution in [0.15, 0.2) is 30.6 Å². The molecular weight excluding hydrogens is 228 g/mol. The lowest BCUT2D eigenvalue weighted by Gasteiger charge is -2.05. The summed E-state index contributed by atoms with van der Waals surface area (Å²) in [5, 5.41) is 2.81. The summed E-state index contributed by atoms with van der Waals surface area (Å²) in [6.07, 6.45) is 3.39. The number of carbonyl (C=O) groups excluding carboxylic acids is 1. The van der Waals surface area contributed by atoms with E-state index in [1.807, 2.05) is 19.1 Å². The second kappa shape index (κ2) is 5.35. The number of carbonyl (C=O) groups is 1. The van der Waals surface area contributed by atoms with Gasteiger partial charge in [0.15, 0.2) is 0 Å². The van der Waals surface area contributed by atoms with Crippen molar-refractivity contribution in [3.63, 3.8) is 0 Å². The number of nitrogens with one attached hydrogen (secondary N) is 1. The molecule has 5 nitrogen and oxygen atoms in total. The minimum atomic E-state index is -0.194.